The number of benzene rings is 2. The predicted molar refractivity (Wildman–Crippen MR) is 113 cm³/mol. The number of aromatic nitrogens is 1. The number of pyridine rings is 1. The molecule has 1 aliphatic heterocycles. The molecule has 0 unspecified atom stereocenters. The van der Waals surface area contributed by atoms with Gasteiger partial charge in [0.05, 0.1) is 11.4 Å². The van der Waals surface area contributed by atoms with Gasteiger partial charge in [-0.3, -0.25) is 9.78 Å². The highest BCUT2D eigenvalue weighted by Crippen LogP contribution is 2.28. The van der Waals surface area contributed by atoms with Gasteiger partial charge in [-0.1, -0.05) is 30.3 Å². The monoisotopic (exact) mass is 409 g/mol. The van der Waals surface area contributed by atoms with E-state index in [2.05, 4.69) is 10.3 Å². The number of aryl methyl sites for hydroxylation is 1. The van der Waals surface area contributed by atoms with Crippen LogP contribution >= 0.6 is 0 Å². The lowest BCUT2D eigenvalue weighted by Gasteiger charge is -2.31. The van der Waals surface area contributed by atoms with Gasteiger partial charge in [-0.15, -0.1) is 0 Å². The molecule has 2 aromatic carbocycles. The van der Waals surface area contributed by atoms with Crippen LogP contribution in [0.25, 0.3) is 10.9 Å². The van der Waals surface area contributed by atoms with Crippen molar-refractivity contribution in [3.63, 3.8) is 0 Å². The van der Waals surface area contributed by atoms with E-state index < -0.39 is 10.0 Å². The number of fused-ring (bicyclic) bond motifs is 1. The van der Waals surface area contributed by atoms with Crippen molar-refractivity contribution < 1.29 is 13.2 Å². The zero-order valence-electron chi connectivity index (χ0n) is 16.2. The molecule has 150 valence electrons. The molecule has 0 spiro atoms. The summed E-state index contributed by atoms with van der Waals surface area (Å²) in [4.78, 5) is 17.2. The van der Waals surface area contributed by atoms with E-state index in [1.54, 1.807) is 24.4 Å². The average Bonchev–Trinajstić information content (AvgIpc) is 2.73. The van der Waals surface area contributed by atoms with Crippen LogP contribution < -0.4 is 5.32 Å². The highest BCUT2D eigenvalue weighted by Gasteiger charge is 2.34. The van der Waals surface area contributed by atoms with Crippen LogP contribution in [0.3, 0.4) is 0 Å². The van der Waals surface area contributed by atoms with Crippen molar-refractivity contribution in [3.05, 3.63) is 66.4 Å². The Morgan fingerprint density at radius 1 is 1.14 bits per heavy atom. The van der Waals surface area contributed by atoms with Gasteiger partial charge in [-0.05, 0) is 49.6 Å². The van der Waals surface area contributed by atoms with Gasteiger partial charge in [0.1, 0.15) is 4.90 Å². The van der Waals surface area contributed by atoms with Gasteiger partial charge in [-0.25, -0.2) is 8.42 Å². The molecule has 1 aromatic heterocycles. The Kier molecular flexibility index (Phi) is 5.34. The quantitative estimate of drug-likeness (QED) is 0.714. The fourth-order valence-corrected chi connectivity index (χ4v) is 5.45. The summed E-state index contributed by atoms with van der Waals surface area (Å²) in [5.74, 6) is -0.534. The van der Waals surface area contributed by atoms with Crippen LogP contribution in [0, 0.1) is 12.8 Å². The number of sulfonamides is 1. The maximum Gasteiger partial charge on any atom is 0.245 e. The Labute approximate surface area is 170 Å². The summed E-state index contributed by atoms with van der Waals surface area (Å²) >= 11 is 0. The van der Waals surface area contributed by atoms with E-state index in [0.29, 0.717) is 24.9 Å². The number of nitrogens with zero attached hydrogens (tertiary/aromatic N) is 2. The molecule has 1 saturated heterocycles. The molecule has 1 fully saturated rings. The van der Waals surface area contributed by atoms with E-state index in [-0.39, 0.29) is 23.3 Å². The lowest BCUT2D eigenvalue weighted by molar-refractivity contribution is -0.120. The van der Waals surface area contributed by atoms with Gasteiger partial charge in [0.15, 0.2) is 0 Å². The van der Waals surface area contributed by atoms with Crippen molar-refractivity contribution in [2.24, 2.45) is 5.92 Å². The first kappa shape index (κ1) is 19.5. The molecule has 2 heterocycles. The van der Waals surface area contributed by atoms with Crippen LogP contribution in [0.5, 0.6) is 0 Å². The minimum absolute atomic E-state index is 0.147. The predicted octanol–water partition coefficient (Wildman–Crippen LogP) is 3.58. The Balaban J connectivity index is 1.56. The maximum absolute atomic E-state index is 13.3. The summed E-state index contributed by atoms with van der Waals surface area (Å²) in [7, 11) is -3.74. The summed E-state index contributed by atoms with van der Waals surface area (Å²) in [5.41, 5.74) is 2.24. The number of rotatable bonds is 4. The molecule has 29 heavy (non-hydrogen) atoms. The lowest BCUT2D eigenvalue weighted by atomic mass is 9.98. The first-order chi connectivity index (χ1) is 13.9. The minimum atomic E-state index is -3.74. The maximum atomic E-state index is 13.3. The van der Waals surface area contributed by atoms with Gasteiger partial charge in [-0.2, -0.15) is 4.31 Å². The van der Waals surface area contributed by atoms with E-state index >= 15 is 0 Å². The first-order valence-corrected chi connectivity index (χ1v) is 11.1. The van der Waals surface area contributed by atoms with Crippen LogP contribution in [0.15, 0.2) is 65.7 Å². The van der Waals surface area contributed by atoms with Crippen molar-refractivity contribution in [1.82, 2.24) is 9.29 Å². The fraction of sp³-hybridized carbons (Fsp3) is 0.273. The van der Waals surface area contributed by atoms with E-state index in [1.807, 2.05) is 43.3 Å². The molecule has 0 saturated carbocycles. The van der Waals surface area contributed by atoms with Crippen LogP contribution in [0.4, 0.5) is 5.69 Å². The van der Waals surface area contributed by atoms with Gasteiger partial charge < -0.3 is 5.32 Å². The van der Waals surface area contributed by atoms with Crippen LogP contribution in [0.1, 0.15) is 18.4 Å². The van der Waals surface area contributed by atoms with Crippen molar-refractivity contribution >= 4 is 32.5 Å². The second-order valence-electron chi connectivity index (χ2n) is 7.39. The van der Waals surface area contributed by atoms with Crippen LogP contribution in [-0.4, -0.2) is 36.7 Å². The molecule has 7 heteroatoms. The Bertz CT molecular complexity index is 1160. The van der Waals surface area contributed by atoms with Crippen LogP contribution in [0.2, 0.25) is 0 Å². The smallest absolute Gasteiger partial charge is 0.245 e. The van der Waals surface area contributed by atoms with E-state index in [1.165, 1.54) is 4.31 Å². The number of amides is 1. The number of nitrogens with one attached hydrogen (secondary N) is 1. The highest BCUT2D eigenvalue weighted by molar-refractivity contribution is 7.89. The van der Waals surface area contributed by atoms with Gasteiger partial charge in [0.25, 0.3) is 0 Å². The molecule has 1 aliphatic rings. The van der Waals surface area contributed by atoms with Crippen molar-refractivity contribution in [1.29, 1.82) is 0 Å². The standard InChI is InChI=1S/C22H23N3O3S/c1-16-6-2-10-19(14-16)24-22(26)18-9-5-13-25(15-18)29(27,28)20-11-3-7-17-8-4-12-23-21(17)20/h2-4,6-8,10-12,14,18H,5,9,13,15H2,1H3,(H,24,26)/t18-/m0/s1. The molecule has 0 radical (unpaired) electrons. The fourth-order valence-electron chi connectivity index (χ4n) is 3.77. The van der Waals surface area contributed by atoms with Crippen molar-refractivity contribution in [2.75, 3.05) is 18.4 Å². The Morgan fingerprint density at radius 3 is 2.76 bits per heavy atom. The normalized spacial score (nSPS) is 17.9. The first-order valence-electron chi connectivity index (χ1n) is 9.66. The number of anilines is 1. The SMILES string of the molecule is Cc1cccc(NC(=O)[C@H]2CCCN(S(=O)(=O)c3cccc4cccnc34)C2)c1. The summed E-state index contributed by atoms with van der Waals surface area (Å²) in [6.07, 6.45) is 2.90. The van der Waals surface area contributed by atoms with Gasteiger partial charge >= 0.3 is 0 Å². The zero-order chi connectivity index (χ0) is 20.4. The number of piperidine rings is 1. The third-order valence-electron chi connectivity index (χ3n) is 5.25. The molecular weight excluding hydrogens is 386 g/mol. The second-order valence-corrected chi connectivity index (χ2v) is 9.30. The van der Waals surface area contributed by atoms with Crippen molar-refractivity contribution in [2.45, 2.75) is 24.7 Å². The topological polar surface area (TPSA) is 79.4 Å². The molecule has 0 aliphatic carbocycles. The Morgan fingerprint density at radius 2 is 1.93 bits per heavy atom. The third kappa shape index (κ3) is 4.02. The van der Waals surface area contributed by atoms with Gasteiger partial charge in [0.2, 0.25) is 15.9 Å². The lowest BCUT2D eigenvalue weighted by Crippen LogP contribution is -2.43. The van der Waals surface area contributed by atoms with E-state index in [4.69, 9.17) is 0 Å². The molecule has 4 rings (SSSR count). The summed E-state index contributed by atoms with van der Waals surface area (Å²) < 4.78 is 28.1. The largest absolute Gasteiger partial charge is 0.326 e. The number of carbonyl (C=O) groups excluding carboxylic acids is 1. The molecular formula is C22H23N3O3S. The second kappa shape index (κ2) is 7.93. The van der Waals surface area contributed by atoms with E-state index in [9.17, 15) is 13.2 Å². The molecule has 0 bridgehead atoms. The summed E-state index contributed by atoms with van der Waals surface area (Å²) in [6, 6.07) is 16.4. The Hall–Kier alpha value is -2.77. The van der Waals surface area contributed by atoms with Gasteiger partial charge in [0, 0.05) is 30.4 Å². The molecule has 1 N–H and O–H groups in total. The number of hydrogen-bond acceptors (Lipinski definition) is 4. The average molecular weight is 410 g/mol. The molecule has 3 aromatic rings. The minimum Gasteiger partial charge on any atom is -0.326 e. The number of hydrogen-bond donors (Lipinski definition) is 1. The highest BCUT2D eigenvalue weighted by atomic mass is 32.2. The summed E-state index contributed by atoms with van der Waals surface area (Å²) in [5, 5.41) is 3.70. The third-order valence-corrected chi connectivity index (χ3v) is 7.15. The van der Waals surface area contributed by atoms with E-state index in [0.717, 1.165) is 16.6 Å². The number of carbonyl (C=O) groups is 1. The summed E-state index contributed by atoms with van der Waals surface area (Å²) in [6.45, 7) is 2.53. The van der Waals surface area contributed by atoms with Crippen LogP contribution in [-0.2, 0) is 14.8 Å². The van der Waals surface area contributed by atoms with Crippen molar-refractivity contribution in [3.8, 4) is 0 Å². The molecule has 1 amide bonds. The number of para-hydroxylation sites is 1. The zero-order valence-corrected chi connectivity index (χ0v) is 17.0. The molecule has 6 nitrogen and oxygen atoms in total. The molecule has 1 atom stereocenters.